The zero-order chi connectivity index (χ0) is 21.4. The standard InChI is InChI=1S/C22H32N2O5/c1-16-7-8-18(15-17(16)2)19-20(23(10-13-28-4)11-14-29-5)22(26)24(21(19)25)9-6-12-27-3/h7-8,15H,6,9-14H2,1-5H3. The highest BCUT2D eigenvalue weighted by Gasteiger charge is 2.41. The van der Waals surface area contributed by atoms with Crippen molar-refractivity contribution in [1.29, 1.82) is 0 Å². The minimum Gasteiger partial charge on any atom is -0.385 e. The van der Waals surface area contributed by atoms with Crippen LogP contribution in [0.4, 0.5) is 0 Å². The fourth-order valence-electron chi connectivity index (χ4n) is 3.32. The number of methoxy groups -OCH3 is 3. The number of carbonyl (C=O) groups is 2. The summed E-state index contributed by atoms with van der Waals surface area (Å²) < 4.78 is 15.5. The van der Waals surface area contributed by atoms with E-state index in [1.807, 2.05) is 36.9 Å². The normalized spacial score (nSPS) is 14.3. The number of hydrogen-bond acceptors (Lipinski definition) is 6. The number of carbonyl (C=O) groups excluding carboxylic acids is 2. The van der Waals surface area contributed by atoms with Crippen molar-refractivity contribution in [2.45, 2.75) is 20.3 Å². The summed E-state index contributed by atoms with van der Waals surface area (Å²) in [5, 5.41) is 0. The Labute approximate surface area is 173 Å². The molecule has 7 heteroatoms. The van der Waals surface area contributed by atoms with E-state index in [0.717, 1.165) is 16.7 Å². The fraction of sp³-hybridized carbons (Fsp3) is 0.545. The Morgan fingerprint density at radius 3 is 2.03 bits per heavy atom. The molecule has 0 aliphatic carbocycles. The number of benzene rings is 1. The van der Waals surface area contributed by atoms with E-state index in [1.165, 1.54) is 4.90 Å². The predicted octanol–water partition coefficient (Wildman–Crippen LogP) is 2.01. The molecule has 0 saturated heterocycles. The van der Waals surface area contributed by atoms with Gasteiger partial charge in [0.2, 0.25) is 0 Å². The summed E-state index contributed by atoms with van der Waals surface area (Å²) in [7, 11) is 4.84. The minimum atomic E-state index is -0.272. The molecule has 0 N–H and O–H groups in total. The topological polar surface area (TPSA) is 68.3 Å². The number of amides is 2. The third kappa shape index (κ3) is 5.44. The molecule has 0 radical (unpaired) electrons. The highest BCUT2D eigenvalue weighted by Crippen LogP contribution is 2.32. The number of nitrogens with zero attached hydrogens (tertiary/aromatic N) is 2. The van der Waals surface area contributed by atoms with Gasteiger partial charge in [0, 0.05) is 47.6 Å². The van der Waals surface area contributed by atoms with Crippen molar-refractivity contribution in [2.24, 2.45) is 0 Å². The van der Waals surface area contributed by atoms with Gasteiger partial charge in [0.05, 0.1) is 18.8 Å². The van der Waals surface area contributed by atoms with Gasteiger partial charge in [-0.2, -0.15) is 0 Å². The van der Waals surface area contributed by atoms with Gasteiger partial charge in [-0.15, -0.1) is 0 Å². The molecule has 1 aliphatic rings. The summed E-state index contributed by atoms with van der Waals surface area (Å²) in [4.78, 5) is 29.8. The molecule has 160 valence electrons. The summed E-state index contributed by atoms with van der Waals surface area (Å²) in [5.41, 5.74) is 3.84. The summed E-state index contributed by atoms with van der Waals surface area (Å²) in [6.45, 7) is 6.72. The van der Waals surface area contributed by atoms with Gasteiger partial charge in [-0.1, -0.05) is 18.2 Å². The Morgan fingerprint density at radius 1 is 0.862 bits per heavy atom. The molecular formula is C22H32N2O5. The van der Waals surface area contributed by atoms with Crippen LogP contribution in [0.5, 0.6) is 0 Å². The van der Waals surface area contributed by atoms with E-state index < -0.39 is 0 Å². The van der Waals surface area contributed by atoms with Crippen LogP contribution in [0.15, 0.2) is 23.9 Å². The molecule has 1 aromatic rings. The molecule has 1 aromatic carbocycles. The van der Waals surface area contributed by atoms with Gasteiger partial charge in [0.15, 0.2) is 0 Å². The molecule has 0 spiro atoms. The van der Waals surface area contributed by atoms with Crippen LogP contribution in [0.25, 0.3) is 5.57 Å². The van der Waals surface area contributed by atoms with Gasteiger partial charge >= 0.3 is 0 Å². The van der Waals surface area contributed by atoms with Gasteiger partial charge < -0.3 is 19.1 Å². The Balaban J connectivity index is 2.50. The fourth-order valence-corrected chi connectivity index (χ4v) is 3.32. The molecular weight excluding hydrogens is 372 g/mol. The second-order valence-corrected chi connectivity index (χ2v) is 7.10. The molecule has 2 amide bonds. The number of hydrogen-bond donors (Lipinski definition) is 0. The molecule has 2 rings (SSSR count). The quantitative estimate of drug-likeness (QED) is 0.392. The van der Waals surface area contributed by atoms with Crippen LogP contribution >= 0.6 is 0 Å². The number of aryl methyl sites for hydroxylation is 2. The first kappa shape index (κ1) is 23.1. The summed E-state index contributed by atoms with van der Waals surface area (Å²) >= 11 is 0. The molecule has 0 atom stereocenters. The van der Waals surface area contributed by atoms with Crippen molar-refractivity contribution >= 4 is 17.4 Å². The van der Waals surface area contributed by atoms with E-state index in [-0.39, 0.29) is 11.8 Å². The lowest BCUT2D eigenvalue weighted by Gasteiger charge is -2.25. The molecule has 0 saturated carbocycles. The van der Waals surface area contributed by atoms with Crippen molar-refractivity contribution in [2.75, 3.05) is 60.8 Å². The first-order valence-electron chi connectivity index (χ1n) is 9.86. The second kappa shape index (κ2) is 11.1. The maximum atomic E-state index is 13.3. The molecule has 29 heavy (non-hydrogen) atoms. The smallest absolute Gasteiger partial charge is 0.277 e. The SMILES string of the molecule is COCCCN1C(=O)C(c2ccc(C)c(C)c2)=C(N(CCOC)CCOC)C1=O. The van der Waals surface area contributed by atoms with E-state index >= 15 is 0 Å². The average molecular weight is 405 g/mol. The average Bonchev–Trinajstić information content (AvgIpc) is 2.95. The van der Waals surface area contributed by atoms with Gasteiger partial charge in [0.25, 0.3) is 11.8 Å². The largest absolute Gasteiger partial charge is 0.385 e. The highest BCUT2D eigenvalue weighted by atomic mass is 16.5. The van der Waals surface area contributed by atoms with Crippen LogP contribution in [0, 0.1) is 13.8 Å². The number of ether oxygens (including phenoxy) is 3. The molecule has 1 heterocycles. The molecule has 7 nitrogen and oxygen atoms in total. The first-order chi connectivity index (χ1) is 14.0. The van der Waals surface area contributed by atoms with Crippen LogP contribution in [0.1, 0.15) is 23.1 Å². The monoisotopic (exact) mass is 404 g/mol. The lowest BCUT2D eigenvalue weighted by molar-refractivity contribution is -0.137. The van der Waals surface area contributed by atoms with Crippen LogP contribution < -0.4 is 0 Å². The second-order valence-electron chi connectivity index (χ2n) is 7.10. The lowest BCUT2D eigenvalue weighted by Crippen LogP contribution is -2.38. The number of rotatable bonds is 12. The minimum absolute atomic E-state index is 0.260. The van der Waals surface area contributed by atoms with Gasteiger partial charge in [-0.3, -0.25) is 14.5 Å². The van der Waals surface area contributed by atoms with Gasteiger partial charge in [-0.25, -0.2) is 0 Å². The Bertz CT molecular complexity index is 752. The van der Waals surface area contributed by atoms with Crippen LogP contribution in [0.3, 0.4) is 0 Å². The molecule has 0 unspecified atom stereocenters. The zero-order valence-corrected chi connectivity index (χ0v) is 18.1. The third-order valence-electron chi connectivity index (χ3n) is 5.12. The van der Waals surface area contributed by atoms with Crippen molar-refractivity contribution < 1.29 is 23.8 Å². The van der Waals surface area contributed by atoms with E-state index in [1.54, 1.807) is 21.3 Å². The Morgan fingerprint density at radius 2 is 1.48 bits per heavy atom. The summed E-state index contributed by atoms with van der Waals surface area (Å²) in [6, 6.07) is 5.86. The van der Waals surface area contributed by atoms with Crippen molar-refractivity contribution in [3.05, 3.63) is 40.6 Å². The van der Waals surface area contributed by atoms with E-state index in [9.17, 15) is 9.59 Å². The third-order valence-corrected chi connectivity index (χ3v) is 5.12. The van der Waals surface area contributed by atoms with Crippen molar-refractivity contribution in [3.63, 3.8) is 0 Å². The van der Waals surface area contributed by atoms with Crippen LogP contribution in [-0.4, -0.2) is 82.4 Å². The van der Waals surface area contributed by atoms with E-state index in [2.05, 4.69) is 0 Å². The van der Waals surface area contributed by atoms with Crippen molar-refractivity contribution in [1.82, 2.24) is 9.80 Å². The van der Waals surface area contributed by atoms with Gasteiger partial charge in [-0.05, 0) is 37.0 Å². The summed E-state index contributed by atoms with van der Waals surface area (Å²) in [6.07, 6.45) is 0.595. The lowest BCUT2D eigenvalue weighted by atomic mass is 9.99. The molecule has 0 bridgehead atoms. The molecule has 0 fully saturated rings. The Kier molecular flexibility index (Phi) is 8.82. The van der Waals surface area contributed by atoms with Crippen molar-refractivity contribution in [3.8, 4) is 0 Å². The molecule has 0 aromatic heterocycles. The van der Waals surface area contributed by atoms with E-state index in [4.69, 9.17) is 14.2 Å². The molecule has 1 aliphatic heterocycles. The summed E-state index contributed by atoms with van der Waals surface area (Å²) in [5.74, 6) is -0.532. The maximum absolute atomic E-state index is 13.3. The predicted molar refractivity (Wildman–Crippen MR) is 111 cm³/mol. The maximum Gasteiger partial charge on any atom is 0.277 e. The number of imide groups is 1. The Hall–Kier alpha value is -2.22. The van der Waals surface area contributed by atoms with Crippen LogP contribution in [0.2, 0.25) is 0 Å². The van der Waals surface area contributed by atoms with Gasteiger partial charge in [0.1, 0.15) is 5.70 Å². The van der Waals surface area contributed by atoms with Crippen LogP contribution in [-0.2, 0) is 23.8 Å². The van der Waals surface area contributed by atoms with E-state index in [0.29, 0.717) is 57.1 Å². The highest BCUT2D eigenvalue weighted by molar-refractivity contribution is 6.35. The first-order valence-corrected chi connectivity index (χ1v) is 9.86. The zero-order valence-electron chi connectivity index (χ0n) is 18.1.